The quantitative estimate of drug-likeness (QED) is 0.470. The second-order valence-corrected chi connectivity index (χ2v) is 10.4. The molecule has 0 unspecified atom stereocenters. The number of fused-ring (bicyclic) bond motifs is 1. The van der Waals surface area contributed by atoms with Gasteiger partial charge in [-0.05, 0) is 66.5 Å². The molecule has 3 aromatic rings. The number of aryl methyl sites for hydroxylation is 1. The Hall–Kier alpha value is -2.54. The average Bonchev–Trinajstić information content (AvgIpc) is 3.55. The number of nitrogens with one attached hydrogen (secondary N) is 1. The Labute approximate surface area is 201 Å². The molecule has 7 nitrogen and oxygen atoms in total. The molecule has 1 atom stereocenters. The minimum absolute atomic E-state index is 0.0215. The van der Waals surface area contributed by atoms with Crippen molar-refractivity contribution >= 4 is 10.9 Å². The van der Waals surface area contributed by atoms with E-state index in [0.29, 0.717) is 18.6 Å². The lowest BCUT2D eigenvalue weighted by atomic mass is 9.91. The first-order valence-corrected chi connectivity index (χ1v) is 13.3. The highest BCUT2D eigenvalue weighted by Crippen LogP contribution is 2.36. The maximum absolute atomic E-state index is 13.2. The number of hydrogen-bond acceptors (Lipinski definition) is 5. The van der Waals surface area contributed by atoms with Crippen molar-refractivity contribution in [2.45, 2.75) is 109 Å². The Bertz CT molecular complexity index is 1160. The van der Waals surface area contributed by atoms with Crippen LogP contribution in [-0.4, -0.2) is 36.1 Å². The molecule has 1 N–H and O–H groups in total. The summed E-state index contributed by atoms with van der Waals surface area (Å²) in [5.74, 6) is 0.993. The number of hydrogen-bond donors (Lipinski definition) is 1. The zero-order chi connectivity index (χ0) is 23.5. The van der Waals surface area contributed by atoms with Gasteiger partial charge in [0.2, 0.25) is 0 Å². The molecule has 2 saturated carbocycles. The fraction of sp³-hybridized carbons (Fsp3) is 0.630. The molecule has 182 valence electrons. The summed E-state index contributed by atoms with van der Waals surface area (Å²) in [5, 5.41) is 14.3. The SMILES string of the molecule is CCC[C@@H](c1nnnn1C1CCCC1)N(Cc1cc2cccc(C)c2[nH]c1=O)C1CCCCC1. The summed E-state index contributed by atoms with van der Waals surface area (Å²) in [5.41, 5.74) is 2.90. The summed E-state index contributed by atoms with van der Waals surface area (Å²) in [6.07, 6.45) is 13.0. The van der Waals surface area contributed by atoms with Crippen molar-refractivity contribution in [3.63, 3.8) is 0 Å². The summed E-state index contributed by atoms with van der Waals surface area (Å²) in [6.45, 7) is 4.92. The van der Waals surface area contributed by atoms with Gasteiger partial charge in [0.25, 0.3) is 5.56 Å². The summed E-state index contributed by atoms with van der Waals surface area (Å²) in [7, 11) is 0. The standard InChI is InChI=1S/C27H38N6O/c1-3-10-24(26-29-30-31-33(26)23-15-7-8-16-23)32(22-13-5-4-6-14-22)18-21-17-20-12-9-11-19(2)25(20)28-27(21)34/h9,11-12,17,22-24H,3-8,10,13-16,18H2,1-2H3,(H,28,34)/t24-/m0/s1. The molecule has 2 heterocycles. The lowest BCUT2D eigenvalue weighted by Gasteiger charge is -2.39. The number of pyridine rings is 1. The topological polar surface area (TPSA) is 79.7 Å². The molecule has 2 aromatic heterocycles. The Kier molecular flexibility index (Phi) is 7.09. The van der Waals surface area contributed by atoms with E-state index in [2.05, 4.69) is 55.2 Å². The first kappa shape index (κ1) is 23.2. The van der Waals surface area contributed by atoms with Crippen LogP contribution in [0.3, 0.4) is 0 Å². The lowest BCUT2D eigenvalue weighted by Crippen LogP contribution is -2.41. The van der Waals surface area contributed by atoms with Crippen molar-refractivity contribution < 1.29 is 0 Å². The van der Waals surface area contributed by atoms with E-state index in [1.807, 2.05) is 13.0 Å². The van der Waals surface area contributed by atoms with Crippen molar-refractivity contribution in [2.75, 3.05) is 0 Å². The van der Waals surface area contributed by atoms with Crippen LogP contribution in [0.1, 0.15) is 107 Å². The van der Waals surface area contributed by atoms with Crippen molar-refractivity contribution in [1.82, 2.24) is 30.1 Å². The molecule has 7 heteroatoms. The number of benzene rings is 1. The van der Waals surface area contributed by atoms with Crippen LogP contribution in [0, 0.1) is 6.92 Å². The maximum Gasteiger partial charge on any atom is 0.252 e. The molecule has 0 aliphatic heterocycles. The Morgan fingerprint density at radius 1 is 1.12 bits per heavy atom. The fourth-order valence-electron chi connectivity index (χ4n) is 6.19. The monoisotopic (exact) mass is 462 g/mol. The van der Waals surface area contributed by atoms with Gasteiger partial charge in [-0.1, -0.05) is 63.6 Å². The molecule has 0 bridgehead atoms. The molecule has 0 radical (unpaired) electrons. The third-order valence-electron chi connectivity index (χ3n) is 8.01. The van der Waals surface area contributed by atoms with Gasteiger partial charge in [-0.2, -0.15) is 0 Å². The number of nitrogens with zero attached hydrogens (tertiary/aromatic N) is 5. The van der Waals surface area contributed by atoms with Crippen LogP contribution in [-0.2, 0) is 6.54 Å². The Morgan fingerprint density at radius 3 is 2.65 bits per heavy atom. The highest BCUT2D eigenvalue weighted by atomic mass is 16.1. The first-order valence-electron chi connectivity index (χ1n) is 13.3. The number of aromatic nitrogens is 5. The molecule has 34 heavy (non-hydrogen) atoms. The van der Waals surface area contributed by atoms with E-state index < -0.39 is 0 Å². The van der Waals surface area contributed by atoms with Crippen molar-refractivity contribution in [1.29, 1.82) is 0 Å². The van der Waals surface area contributed by atoms with E-state index in [9.17, 15) is 4.79 Å². The van der Waals surface area contributed by atoms with Crippen molar-refractivity contribution in [3.05, 3.63) is 51.6 Å². The lowest BCUT2D eigenvalue weighted by molar-refractivity contribution is 0.0798. The van der Waals surface area contributed by atoms with E-state index in [0.717, 1.165) is 53.5 Å². The maximum atomic E-state index is 13.2. The molecule has 0 spiro atoms. The van der Waals surface area contributed by atoms with Gasteiger partial charge >= 0.3 is 0 Å². The number of tetrazole rings is 1. The minimum Gasteiger partial charge on any atom is -0.321 e. The van der Waals surface area contributed by atoms with Crippen LogP contribution >= 0.6 is 0 Å². The first-order chi connectivity index (χ1) is 16.7. The van der Waals surface area contributed by atoms with Crippen molar-refractivity contribution in [2.24, 2.45) is 0 Å². The molecule has 0 saturated heterocycles. The molecular weight excluding hydrogens is 424 g/mol. The van der Waals surface area contributed by atoms with Gasteiger partial charge in [0.15, 0.2) is 5.82 Å². The minimum atomic E-state index is 0.0215. The van der Waals surface area contributed by atoms with E-state index in [1.165, 1.54) is 44.9 Å². The molecular formula is C27H38N6O. The fourth-order valence-corrected chi connectivity index (χ4v) is 6.19. The molecule has 2 fully saturated rings. The van der Waals surface area contributed by atoms with Gasteiger partial charge in [0.05, 0.1) is 17.6 Å². The van der Waals surface area contributed by atoms with Crippen LogP contribution in [0.4, 0.5) is 0 Å². The number of H-pyrrole nitrogens is 1. The Balaban J connectivity index is 1.54. The normalized spacial score (nSPS) is 18.8. The van der Waals surface area contributed by atoms with Crippen LogP contribution in [0.2, 0.25) is 0 Å². The van der Waals surface area contributed by atoms with Gasteiger partial charge < -0.3 is 4.98 Å². The predicted molar refractivity (Wildman–Crippen MR) is 135 cm³/mol. The zero-order valence-electron chi connectivity index (χ0n) is 20.7. The second kappa shape index (κ2) is 10.4. The Morgan fingerprint density at radius 2 is 1.88 bits per heavy atom. The van der Waals surface area contributed by atoms with Crippen LogP contribution in [0.25, 0.3) is 10.9 Å². The van der Waals surface area contributed by atoms with Gasteiger partial charge in [-0.3, -0.25) is 9.69 Å². The highest BCUT2D eigenvalue weighted by molar-refractivity contribution is 5.81. The smallest absolute Gasteiger partial charge is 0.252 e. The third-order valence-corrected chi connectivity index (χ3v) is 8.01. The summed E-state index contributed by atoms with van der Waals surface area (Å²) in [6, 6.07) is 9.28. The predicted octanol–water partition coefficient (Wildman–Crippen LogP) is 5.61. The summed E-state index contributed by atoms with van der Waals surface area (Å²) < 4.78 is 2.12. The van der Waals surface area contributed by atoms with E-state index >= 15 is 0 Å². The summed E-state index contributed by atoms with van der Waals surface area (Å²) in [4.78, 5) is 19.0. The zero-order valence-corrected chi connectivity index (χ0v) is 20.7. The molecule has 2 aliphatic rings. The highest BCUT2D eigenvalue weighted by Gasteiger charge is 2.34. The average molecular weight is 463 g/mol. The van der Waals surface area contributed by atoms with E-state index in [-0.39, 0.29) is 11.6 Å². The second-order valence-electron chi connectivity index (χ2n) is 10.4. The van der Waals surface area contributed by atoms with Gasteiger partial charge in [0.1, 0.15) is 0 Å². The third kappa shape index (κ3) is 4.67. The van der Waals surface area contributed by atoms with E-state index in [1.54, 1.807) is 0 Å². The van der Waals surface area contributed by atoms with Gasteiger partial charge in [-0.25, -0.2) is 4.68 Å². The van der Waals surface area contributed by atoms with Crippen LogP contribution in [0.15, 0.2) is 29.1 Å². The van der Waals surface area contributed by atoms with Crippen LogP contribution in [0.5, 0.6) is 0 Å². The largest absolute Gasteiger partial charge is 0.321 e. The molecule has 5 rings (SSSR count). The molecule has 2 aliphatic carbocycles. The molecule has 1 aromatic carbocycles. The van der Waals surface area contributed by atoms with Gasteiger partial charge in [-0.15, -0.1) is 5.10 Å². The van der Waals surface area contributed by atoms with Crippen LogP contribution < -0.4 is 5.56 Å². The summed E-state index contributed by atoms with van der Waals surface area (Å²) >= 11 is 0. The van der Waals surface area contributed by atoms with E-state index in [4.69, 9.17) is 0 Å². The van der Waals surface area contributed by atoms with Gasteiger partial charge in [0, 0.05) is 18.2 Å². The number of aromatic amines is 1. The van der Waals surface area contributed by atoms with Crippen molar-refractivity contribution in [3.8, 4) is 0 Å². The molecule has 0 amide bonds. The number of para-hydroxylation sites is 1. The number of rotatable bonds is 8.